The molecule has 0 spiro atoms. The van der Waals surface area contributed by atoms with Gasteiger partial charge in [-0.25, -0.2) is 0 Å². The molecule has 1 aliphatic heterocycles. The summed E-state index contributed by atoms with van der Waals surface area (Å²) in [5, 5.41) is 7.26. The molecule has 0 bridgehead atoms. The molecule has 4 rings (SSSR count). The Morgan fingerprint density at radius 2 is 2.11 bits per heavy atom. The van der Waals surface area contributed by atoms with Crippen LogP contribution in [-0.4, -0.2) is 39.0 Å². The molecular weight excluding hydrogens is 346 g/mol. The molecule has 8 nitrogen and oxygen atoms in total. The standard InChI is InChI=1S/C19H17N5O3/c25-19(4-2-14-1-3-17-18(11-14)27-13-26-17)22-8-10-24-9-5-15(23-24)16-12-20-6-7-21-16/h1-7,9,11-12H,8,10,13H2,(H,22,25). The SMILES string of the molecule is O=C(C=Cc1ccc2c(c1)OCO2)NCCn1ccc(-c2cnccn2)n1. The highest BCUT2D eigenvalue weighted by atomic mass is 16.7. The van der Waals surface area contributed by atoms with Gasteiger partial charge in [0.15, 0.2) is 11.5 Å². The van der Waals surface area contributed by atoms with Gasteiger partial charge in [-0.3, -0.25) is 19.4 Å². The van der Waals surface area contributed by atoms with Crippen molar-refractivity contribution in [1.82, 2.24) is 25.1 Å². The molecule has 1 aromatic carbocycles. The Bertz CT molecular complexity index is 968. The zero-order valence-electron chi connectivity index (χ0n) is 14.4. The summed E-state index contributed by atoms with van der Waals surface area (Å²) >= 11 is 0. The molecule has 0 atom stereocenters. The van der Waals surface area contributed by atoms with E-state index >= 15 is 0 Å². The van der Waals surface area contributed by atoms with Gasteiger partial charge in [-0.05, 0) is 29.8 Å². The van der Waals surface area contributed by atoms with Crippen LogP contribution in [0.15, 0.2) is 55.1 Å². The van der Waals surface area contributed by atoms with Crippen LogP contribution in [0.5, 0.6) is 11.5 Å². The quantitative estimate of drug-likeness (QED) is 0.673. The largest absolute Gasteiger partial charge is 0.454 e. The normalized spacial score (nSPS) is 12.4. The fourth-order valence-electron chi connectivity index (χ4n) is 2.60. The Morgan fingerprint density at radius 3 is 3.00 bits per heavy atom. The number of nitrogens with one attached hydrogen (secondary N) is 1. The van der Waals surface area contributed by atoms with Crippen LogP contribution in [0.1, 0.15) is 5.56 Å². The minimum atomic E-state index is -0.172. The van der Waals surface area contributed by atoms with Gasteiger partial charge < -0.3 is 14.8 Å². The molecule has 3 heterocycles. The van der Waals surface area contributed by atoms with Crippen LogP contribution in [0.3, 0.4) is 0 Å². The Balaban J connectivity index is 1.27. The molecule has 2 aromatic heterocycles. The van der Waals surface area contributed by atoms with Crippen LogP contribution in [0.4, 0.5) is 0 Å². The Labute approximate surface area is 155 Å². The lowest BCUT2D eigenvalue weighted by atomic mass is 10.2. The van der Waals surface area contributed by atoms with E-state index in [1.807, 2.05) is 30.5 Å². The topological polar surface area (TPSA) is 91.2 Å². The van der Waals surface area contributed by atoms with Crippen molar-refractivity contribution in [3.63, 3.8) is 0 Å². The summed E-state index contributed by atoms with van der Waals surface area (Å²) < 4.78 is 12.3. The number of hydrogen-bond acceptors (Lipinski definition) is 6. The van der Waals surface area contributed by atoms with Crippen LogP contribution < -0.4 is 14.8 Å². The first-order chi connectivity index (χ1) is 13.3. The van der Waals surface area contributed by atoms with Crippen molar-refractivity contribution in [1.29, 1.82) is 0 Å². The highest BCUT2D eigenvalue weighted by molar-refractivity contribution is 5.91. The van der Waals surface area contributed by atoms with Gasteiger partial charge in [-0.2, -0.15) is 5.10 Å². The second-order valence-electron chi connectivity index (χ2n) is 5.79. The third-order valence-corrected chi connectivity index (χ3v) is 3.93. The van der Waals surface area contributed by atoms with E-state index in [0.29, 0.717) is 24.5 Å². The van der Waals surface area contributed by atoms with Gasteiger partial charge in [0.2, 0.25) is 12.7 Å². The van der Waals surface area contributed by atoms with Crippen LogP contribution in [0, 0.1) is 0 Å². The lowest BCUT2D eigenvalue weighted by Gasteiger charge is -2.03. The molecule has 0 saturated heterocycles. The van der Waals surface area contributed by atoms with E-state index < -0.39 is 0 Å². The lowest BCUT2D eigenvalue weighted by Crippen LogP contribution is -2.25. The first kappa shape index (κ1) is 16.8. The molecule has 0 saturated carbocycles. The van der Waals surface area contributed by atoms with E-state index in [9.17, 15) is 4.79 Å². The van der Waals surface area contributed by atoms with Gasteiger partial charge in [0, 0.05) is 31.2 Å². The molecule has 8 heteroatoms. The highest BCUT2D eigenvalue weighted by Crippen LogP contribution is 2.32. The van der Waals surface area contributed by atoms with Crippen molar-refractivity contribution >= 4 is 12.0 Å². The molecule has 1 N–H and O–H groups in total. The van der Waals surface area contributed by atoms with Gasteiger partial charge in [-0.15, -0.1) is 0 Å². The van der Waals surface area contributed by atoms with E-state index in [1.54, 1.807) is 29.3 Å². The van der Waals surface area contributed by atoms with Crippen molar-refractivity contribution in [3.05, 3.63) is 60.7 Å². The average Bonchev–Trinajstić information content (AvgIpc) is 3.36. The number of carbonyl (C=O) groups excluding carboxylic acids is 1. The molecule has 0 fully saturated rings. The number of nitrogens with zero attached hydrogens (tertiary/aromatic N) is 4. The summed E-state index contributed by atoms with van der Waals surface area (Å²) in [6, 6.07) is 7.40. The summed E-state index contributed by atoms with van der Waals surface area (Å²) in [4.78, 5) is 20.2. The molecule has 0 radical (unpaired) electrons. The highest BCUT2D eigenvalue weighted by Gasteiger charge is 2.12. The zero-order chi connectivity index (χ0) is 18.5. The van der Waals surface area contributed by atoms with Gasteiger partial charge >= 0.3 is 0 Å². The third-order valence-electron chi connectivity index (χ3n) is 3.93. The van der Waals surface area contributed by atoms with Crippen molar-refractivity contribution in [2.45, 2.75) is 6.54 Å². The lowest BCUT2D eigenvalue weighted by molar-refractivity contribution is -0.116. The fourth-order valence-corrected chi connectivity index (χ4v) is 2.60. The number of hydrogen-bond donors (Lipinski definition) is 1. The number of fused-ring (bicyclic) bond motifs is 1. The molecular formula is C19H17N5O3. The number of rotatable bonds is 6. The van der Waals surface area contributed by atoms with Gasteiger partial charge in [0.1, 0.15) is 11.4 Å². The number of aromatic nitrogens is 4. The fraction of sp³-hybridized carbons (Fsp3) is 0.158. The summed E-state index contributed by atoms with van der Waals surface area (Å²) in [6.07, 6.45) is 9.98. The van der Waals surface area contributed by atoms with E-state index in [1.165, 1.54) is 6.08 Å². The molecule has 0 aliphatic carbocycles. The van der Waals surface area contributed by atoms with Gasteiger partial charge in [0.25, 0.3) is 0 Å². The van der Waals surface area contributed by atoms with E-state index in [-0.39, 0.29) is 12.7 Å². The molecule has 27 heavy (non-hydrogen) atoms. The summed E-state index contributed by atoms with van der Waals surface area (Å²) in [5.41, 5.74) is 2.33. The zero-order valence-corrected chi connectivity index (χ0v) is 14.4. The smallest absolute Gasteiger partial charge is 0.244 e. The van der Waals surface area contributed by atoms with Gasteiger partial charge in [0.05, 0.1) is 12.7 Å². The number of benzene rings is 1. The summed E-state index contributed by atoms with van der Waals surface area (Å²) in [6.45, 7) is 1.25. The van der Waals surface area contributed by atoms with E-state index in [4.69, 9.17) is 9.47 Å². The third kappa shape index (κ3) is 4.12. The van der Waals surface area contributed by atoms with Gasteiger partial charge in [-0.1, -0.05) is 6.07 Å². The predicted molar refractivity (Wildman–Crippen MR) is 97.9 cm³/mol. The summed E-state index contributed by atoms with van der Waals surface area (Å²) in [7, 11) is 0. The van der Waals surface area contributed by atoms with Crippen LogP contribution in [-0.2, 0) is 11.3 Å². The predicted octanol–water partition coefficient (Wildman–Crippen LogP) is 1.90. The molecule has 136 valence electrons. The second-order valence-corrected chi connectivity index (χ2v) is 5.79. The van der Waals surface area contributed by atoms with E-state index in [2.05, 4.69) is 20.4 Å². The van der Waals surface area contributed by atoms with Crippen molar-refractivity contribution in [2.24, 2.45) is 0 Å². The molecule has 3 aromatic rings. The molecule has 1 aliphatic rings. The molecule has 1 amide bonds. The van der Waals surface area contributed by atoms with Crippen molar-refractivity contribution in [2.75, 3.05) is 13.3 Å². The minimum absolute atomic E-state index is 0.172. The Morgan fingerprint density at radius 1 is 1.19 bits per heavy atom. The Hall–Kier alpha value is -3.68. The summed E-state index contributed by atoms with van der Waals surface area (Å²) in [5.74, 6) is 1.24. The number of ether oxygens (including phenoxy) is 2. The maximum Gasteiger partial charge on any atom is 0.244 e. The van der Waals surface area contributed by atoms with Crippen LogP contribution in [0.2, 0.25) is 0 Å². The average molecular weight is 363 g/mol. The van der Waals surface area contributed by atoms with E-state index in [0.717, 1.165) is 17.0 Å². The Kier molecular flexibility index (Phi) is 4.78. The number of carbonyl (C=O) groups is 1. The van der Waals surface area contributed by atoms with Crippen LogP contribution in [0.25, 0.3) is 17.5 Å². The maximum absolute atomic E-state index is 12.0. The number of amides is 1. The second kappa shape index (κ2) is 7.69. The van der Waals surface area contributed by atoms with Crippen molar-refractivity contribution in [3.8, 4) is 22.9 Å². The maximum atomic E-state index is 12.0. The first-order valence-corrected chi connectivity index (χ1v) is 8.43. The van der Waals surface area contributed by atoms with Crippen LogP contribution >= 0.6 is 0 Å². The van der Waals surface area contributed by atoms with Crippen molar-refractivity contribution < 1.29 is 14.3 Å². The molecule has 0 unspecified atom stereocenters. The first-order valence-electron chi connectivity index (χ1n) is 8.43. The monoisotopic (exact) mass is 363 g/mol. The minimum Gasteiger partial charge on any atom is -0.454 e.